The van der Waals surface area contributed by atoms with Gasteiger partial charge in [0, 0.05) is 24.8 Å². The van der Waals surface area contributed by atoms with Gasteiger partial charge >= 0.3 is 6.03 Å². The number of hydrogen-bond acceptors (Lipinski definition) is 4. The average molecular weight is 389 g/mol. The third kappa shape index (κ3) is 3.63. The van der Waals surface area contributed by atoms with E-state index >= 15 is 0 Å². The number of ether oxygens (including phenoxy) is 1. The van der Waals surface area contributed by atoms with Crippen LogP contribution in [0.2, 0.25) is 0 Å². The molecule has 8 heteroatoms. The number of amides is 2. The summed E-state index contributed by atoms with van der Waals surface area (Å²) in [6, 6.07) is 10.5. The number of carbonyl (C=O) groups is 1. The molecule has 0 atom stereocenters. The van der Waals surface area contributed by atoms with Gasteiger partial charge in [-0.3, -0.25) is 5.32 Å². The van der Waals surface area contributed by atoms with Crippen LogP contribution in [0.25, 0.3) is 10.2 Å². The smallest absolute Gasteiger partial charge is 0.321 e. The zero-order valence-electron chi connectivity index (χ0n) is 14.3. The standard InChI is InChI=1S/C19H17F2N3O2S/c20-12-5-6-13(14(21)11-12)19(7-9-26-10-8-19)24-17(25)23-18-22-15-3-1-2-4-16(15)27-18/h1-6,11H,7-10H2,(H2,22,23,24,25). The predicted octanol–water partition coefficient (Wildman–Crippen LogP) is 4.40. The Hall–Kier alpha value is -2.58. The van der Waals surface area contributed by atoms with Gasteiger partial charge in [0.25, 0.3) is 0 Å². The van der Waals surface area contributed by atoms with Crippen LogP contribution in [0.4, 0.5) is 18.7 Å². The number of nitrogens with one attached hydrogen (secondary N) is 2. The van der Waals surface area contributed by atoms with Gasteiger partial charge < -0.3 is 10.1 Å². The zero-order chi connectivity index (χ0) is 18.9. The fraction of sp³-hybridized carbons (Fsp3) is 0.263. The maximum atomic E-state index is 14.4. The minimum absolute atomic E-state index is 0.256. The second-order valence-electron chi connectivity index (χ2n) is 6.38. The number of anilines is 1. The lowest BCUT2D eigenvalue weighted by molar-refractivity contribution is 0.0404. The molecule has 140 valence electrons. The molecule has 1 aromatic heterocycles. The number of halogens is 2. The van der Waals surface area contributed by atoms with Crippen LogP contribution in [-0.4, -0.2) is 24.2 Å². The second-order valence-corrected chi connectivity index (χ2v) is 7.42. The minimum atomic E-state index is -0.962. The number of benzene rings is 2. The highest BCUT2D eigenvalue weighted by molar-refractivity contribution is 7.22. The Morgan fingerprint density at radius 2 is 1.93 bits per heavy atom. The van der Waals surface area contributed by atoms with Crippen molar-refractivity contribution < 1.29 is 18.3 Å². The summed E-state index contributed by atoms with van der Waals surface area (Å²) >= 11 is 1.36. The Labute approximate surface area is 158 Å². The highest BCUT2D eigenvalue weighted by Gasteiger charge is 2.38. The number of para-hydroxylation sites is 1. The molecule has 3 aromatic rings. The molecule has 4 rings (SSSR count). The Morgan fingerprint density at radius 1 is 1.15 bits per heavy atom. The van der Waals surface area contributed by atoms with E-state index in [-0.39, 0.29) is 5.56 Å². The average Bonchev–Trinajstić information content (AvgIpc) is 3.04. The Bertz CT molecular complexity index is 953. The Kier molecular flexibility index (Phi) is 4.75. The number of carbonyl (C=O) groups excluding carboxylic acids is 1. The van der Waals surface area contributed by atoms with E-state index in [2.05, 4.69) is 15.6 Å². The van der Waals surface area contributed by atoms with Gasteiger partial charge in [-0.2, -0.15) is 0 Å². The maximum absolute atomic E-state index is 14.4. The summed E-state index contributed by atoms with van der Waals surface area (Å²) in [6.07, 6.45) is 0.783. The molecule has 1 saturated heterocycles. The van der Waals surface area contributed by atoms with E-state index in [1.807, 2.05) is 24.3 Å². The fourth-order valence-corrected chi connectivity index (χ4v) is 4.19. The van der Waals surface area contributed by atoms with Crippen LogP contribution in [0.5, 0.6) is 0 Å². The molecule has 2 amide bonds. The summed E-state index contributed by atoms with van der Waals surface area (Å²) in [5.41, 5.74) is 0.0892. The minimum Gasteiger partial charge on any atom is -0.381 e. The summed E-state index contributed by atoms with van der Waals surface area (Å²) in [7, 11) is 0. The molecule has 1 aliphatic rings. The molecule has 0 aliphatic carbocycles. The number of urea groups is 1. The first-order chi connectivity index (χ1) is 13.1. The Balaban J connectivity index is 1.58. The molecule has 5 nitrogen and oxygen atoms in total. The van der Waals surface area contributed by atoms with Gasteiger partial charge in [0.2, 0.25) is 0 Å². The molecule has 2 N–H and O–H groups in total. The van der Waals surface area contributed by atoms with Gasteiger partial charge in [0.15, 0.2) is 5.13 Å². The van der Waals surface area contributed by atoms with Crippen LogP contribution in [0.3, 0.4) is 0 Å². The lowest BCUT2D eigenvalue weighted by Gasteiger charge is -2.38. The van der Waals surface area contributed by atoms with E-state index in [1.54, 1.807) is 0 Å². The summed E-state index contributed by atoms with van der Waals surface area (Å²) < 4.78 is 34.1. The van der Waals surface area contributed by atoms with Crippen molar-refractivity contribution in [3.63, 3.8) is 0 Å². The van der Waals surface area contributed by atoms with Crippen molar-refractivity contribution in [2.24, 2.45) is 0 Å². The van der Waals surface area contributed by atoms with Gasteiger partial charge in [0.1, 0.15) is 11.6 Å². The fourth-order valence-electron chi connectivity index (χ4n) is 3.33. The summed E-state index contributed by atoms with van der Waals surface area (Å²) in [6.45, 7) is 0.746. The molecule has 2 aromatic carbocycles. The van der Waals surface area contributed by atoms with E-state index < -0.39 is 23.2 Å². The lowest BCUT2D eigenvalue weighted by Crippen LogP contribution is -2.51. The topological polar surface area (TPSA) is 63.2 Å². The quantitative estimate of drug-likeness (QED) is 0.698. The molecule has 0 bridgehead atoms. The summed E-state index contributed by atoms with van der Waals surface area (Å²) in [4.78, 5) is 17.0. The monoisotopic (exact) mass is 389 g/mol. The predicted molar refractivity (Wildman–Crippen MR) is 99.9 cm³/mol. The Morgan fingerprint density at radius 3 is 2.67 bits per heavy atom. The number of hydrogen-bond donors (Lipinski definition) is 2. The van der Waals surface area contributed by atoms with Crippen molar-refractivity contribution in [1.82, 2.24) is 10.3 Å². The number of nitrogens with zero attached hydrogens (tertiary/aromatic N) is 1. The van der Waals surface area contributed by atoms with Crippen LogP contribution < -0.4 is 10.6 Å². The molecule has 0 radical (unpaired) electrons. The van der Waals surface area contributed by atoms with Crippen molar-refractivity contribution in [1.29, 1.82) is 0 Å². The summed E-state index contributed by atoms with van der Waals surface area (Å²) in [5.74, 6) is -1.34. The first-order valence-electron chi connectivity index (χ1n) is 8.54. The van der Waals surface area contributed by atoms with E-state index in [4.69, 9.17) is 4.74 Å². The molecule has 0 saturated carbocycles. The van der Waals surface area contributed by atoms with Crippen LogP contribution in [0.15, 0.2) is 42.5 Å². The zero-order valence-corrected chi connectivity index (χ0v) is 15.1. The maximum Gasteiger partial charge on any atom is 0.321 e. The van der Waals surface area contributed by atoms with Crippen molar-refractivity contribution in [2.75, 3.05) is 18.5 Å². The van der Waals surface area contributed by atoms with Crippen LogP contribution in [0, 0.1) is 11.6 Å². The van der Waals surface area contributed by atoms with Crippen LogP contribution in [-0.2, 0) is 10.3 Å². The largest absolute Gasteiger partial charge is 0.381 e. The number of fused-ring (bicyclic) bond motifs is 1. The van der Waals surface area contributed by atoms with Gasteiger partial charge in [-0.05, 0) is 31.0 Å². The molecular weight excluding hydrogens is 372 g/mol. The molecule has 1 fully saturated rings. The lowest BCUT2D eigenvalue weighted by atomic mass is 9.82. The molecular formula is C19H17F2N3O2S. The molecule has 27 heavy (non-hydrogen) atoms. The molecule has 0 spiro atoms. The van der Waals surface area contributed by atoms with Crippen molar-refractivity contribution in [2.45, 2.75) is 18.4 Å². The van der Waals surface area contributed by atoms with Crippen LogP contribution >= 0.6 is 11.3 Å². The highest BCUT2D eigenvalue weighted by Crippen LogP contribution is 2.34. The number of aromatic nitrogens is 1. The molecule has 0 unspecified atom stereocenters. The third-order valence-corrected chi connectivity index (χ3v) is 5.61. The molecule has 2 heterocycles. The van der Waals surface area contributed by atoms with E-state index in [0.29, 0.717) is 31.2 Å². The molecule has 1 aliphatic heterocycles. The van der Waals surface area contributed by atoms with E-state index in [9.17, 15) is 13.6 Å². The van der Waals surface area contributed by atoms with Crippen molar-refractivity contribution in [3.05, 3.63) is 59.7 Å². The van der Waals surface area contributed by atoms with Gasteiger partial charge in [-0.1, -0.05) is 29.5 Å². The number of thiazole rings is 1. The van der Waals surface area contributed by atoms with Gasteiger partial charge in [-0.25, -0.2) is 18.6 Å². The van der Waals surface area contributed by atoms with Gasteiger partial charge in [0.05, 0.1) is 15.8 Å². The van der Waals surface area contributed by atoms with Gasteiger partial charge in [-0.15, -0.1) is 0 Å². The third-order valence-electron chi connectivity index (χ3n) is 4.66. The highest BCUT2D eigenvalue weighted by atomic mass is 32.1. The first-order valence-corrected chi connectivity index (χ1v) is 9.35. The normalized spacial score (nSPS) is 16.2. The second kappa shape index (κ2) is 7.21. The van der Waals surface area contributed by atoms with Crippen molar-refractivity contribution >= 4 is 32.7 Å². The van der Waals surface area contributed by atoms with E-state index in [1.165, 1.54) is 23.5 Å². The summed E-state index contributed by atoms with van der Waals surface area (Å²) in [5, 5.41) is 6.05. The van der Waals surface area contributed by atoms with E-state index in [0.717, 1.165) is 16.3 Å². The van der Waals surface area contributed by atoms with Crippen LogP contribution in [0.1, 0.15) is 18.4 Å². The number of rotatable bonds is 3. The first kappa shape index (κ1) is 17.8. The SMILES string of the molecule is O=C(Nc1nc2ccccc2s1)NC1(c2ccc(F)cc2F)CCOCC1. The van der Waals surface area contributed by atoms with Crippen molar-refractivity contribution in [3.8, 4) is 0 Å².